The van der Waals surface area contributed by atoms with Gasteiger partial charge in [-0.3, -0.25) is 0 Å². The summed E-state index contributed by atoms with van der Waals surface area (Å²) in [7, 11) is 3.54. The molecule has 2 N–H and O–H groups in total. The minimum Gasteiger partial charge on any atom is -0.394 e. The molecule has 1 aliphatic heterocycles. The molecule has 1 unspecified atom stereocenters. The zero-order valence-electron chi connectivity index (χ0n) is 7.02. The minimum absolute atomic E-state index is 0.161. The van der Waals surface area contributed by atoms with Gasteiger partial charge in [0.1, 0.15) is 0 Å². The largest absolute Gasteiger partial charge is 0.394 e. The van der Waals surface area contributed by atoms with Crippen LogP contribution >= 0.6 is 33.7 Å². The number of rotatable bonds is 2. The topological polar surface area (TPSA) is 35.5 Å². The number of nitrogens with one attached hydrogen (secondary N) is 1. The number of hydrogen-bond acceptors (Lipinski definition) is 6. The lowest BCUT2D eigenvalue weighted by Crippen LogP contribution is -2.31. The van der Waals surface area contributed by atoms with Crippen LogP contribution in [0, 0.1) is 0 Å². The summed E-state index contributed by atoms with van der Waals surface area (Å²) in [6, 6.07) is 0. The fraction of sp³-hybridized carbons (Fsp3) is 1.00. The molecule has 1 saturated heterocycles. The third kappa shape index (κ3) is 3.76. The van der Waals surface area contributed by atoms with Crippen molar-refractivity contribution in [3.63, 3.8) is 0 Å². The first-order valence-corrected chi connectivity index (χ1v) is 7.09. The Kier molecular flexibility index (Phi) is 5.86. The van der Waals surface area contributed by atoms with Crippen LogP contribution in [0.25, 0.3) is 0 Å². The maximum Gasteiger partial charge on any atom is 0.0972 e. The summed E-state index contributed by atoms with van der Waals surface area (Å²) in [5.74, 6) is 1.13. The van der Waals surface area contributed by atoms with E-state index in [1.807, 2.05) is 10.8 Å². The minimum atomic E-state index is 0.161. The summed E-state index contributed by atoms with van der Waals surface area (Å²) >= 11 is 1.62. The highest BCUT2D eigenvalue weighted by atomic mass is 33.1. The van der Waals surface area contributed by atoms with Crippen LogP contribution in [-0.2, 0) is 0 Å². The van der Waals surface area contributed by atoms with Crippen molar-refractivity contribution in [1.82, 2.24) is 9.03 Å². The van der Waals surface area contributed by atoms with E-state index in [0.29, 0.717) is 0 Å². The Hall–Kier alpha value is 0.930. The van der Waals surface area contributed by atoms with Crippen LogP contribution in [0.1, 0.15) is 6.92 Å². The van der Waals surface area contributed by atoms with Crippen LogP contribution in [0.2, 0.25) is 0 Å². The molecule has 1 heterocycles. The second kappa shape index (κ2) is 6.39. The van der Waals surface area contributed by atoms with Crippen LogP contribution in [-0.4, -0.2) is 40.2 Å². The van der Waals surface area contributed by atoms with Crippen LogP contribution in [0.3, 0.4) is 0 Å². The third-order valence-corrected chi connectivity index (χ3v) is 5.27. The molecule has 12 heavy (non-hydrogen) atoms. The van der Waals surface area contributed by atoms with E-state index in [1.54, 1.807) is 22.9 Å². The maximum atomic E-state index is 8.94. The van der Waals surface area contributed by atoms with Crippen molar-refractivity contribution in [2.75, 3.05) is 25.4 Å². The SMILES string of the molecule is CCN1CCSSC(CO)NS1. The zero-order valence-corrected chi connectivity index (χ0v) is 9.47. The molecule has 0 bridgehead atoms. The summed E-state index contributed by atoms with van der Waals surface area (Å²) < 4.78 is 5.47. The van der Waals surface area contributed by atoms with E-state index in [0.717, 1.165) is 18.8 Å². The Morgan fingerprint density at radius 3 is 3.17 bits per heavy atom. The molecule has 6 heteroatoms. The summed E-state index contributed by atoms with van der Waals surface area (Å²) in [5.41, 5.74) is 0. The van der Waals surface area contributed by atoms with Crippen molar-refractivity contribution in [3.05, 3.63) is 0 Å². The molecule has 0 radical (unpaired) electrons. The first-order chi connectivity index (χ1) is 5.86. The lowest BCUT2D eigenvalue weighted by molar-refractivity contribution is 0.291. The predicted molar refractivity (Wildman–Crippen MR) is 58.9 cm³/mol. The molecular formula is C6H14N2OS3. The molecule has 0 aromatic heterocycles. The monoisotopic (exact) mass is 226 g/mol. The van der Waals surface area contributed by atoms with Crippen molar-refractivity contribution in [3.8, 4) is 0 Å². The van der Waals surface area contributed by atoms with E-state index in [2.05, 4.69) is 16.0 Å². The Bertz CT molecular complexity index is 113. The highest BCUT2D eigenvalue weighted by Crippen LogP contribution is 2.29. The van der Waals surface area contributed by atoms with Crippen LogP contribution in [0.5, 0.6) is 0 Å². The molecule has 72 valence electrons. The standard InChI is InChI=1S/C6H14N2OS3/c1-2-8-3-4-10-11-6(5-9)7-12-8/h6-7,9H,2-5H2,1H3. The van der Waals surface area contributed by atoms with Gasteiger partial charge in [0, 0.05) is 31.0 Å². The number of aliphatic hydroxyl groups excluding tert-OH is 1. The van der Waals surface area contributed by atoms with Gasteiger partial charge in [-0.15, -0.1) is 0 Å². The Balaban J connectivity index is 2.28. The van der Waals surface area contributed by atoms with E-state index < -0.39 is 0 Å². The second-order valence-corrected chi connectivity index (χ2v) is 5.94. The molecule has 0 aliphatic carbocycles. The molecule has 3 nitrogen and oxygen atoms in total. The number of hydrogen-bond donors (Lipinski definition) is 2. The highest BCUT2D eigenvalue weighted by Gasteiger charge is 2.14. The molecule has 1 atom stereocenters. The third-order valence-electron chi connectivity index (χ3n) is 1.44. The van der Waals surface area contributed by atoms with Crippen LogP contribution in [0.4, 0.5) is 0 Å². The fourth-order valence-electron chi connectivity index (χ4n) is 0.758. The van der Waals surface area contributed by atoms with Gasteiger partial charge in [0.25, 0.3) is 0 Å². The van der Waals surface area contributed by atoms with Gasteiger partial charge in [0.15, 0.2) is 0 Å². The highest BCUT2D eigenvalue weighted by molar-refractivity contribution is 8.77. The molecule has 0 aromatic carbocycles. The molecule has 0 amide bonds. The van der Waals surface area contributed by atoms with E-state index >= 15 is 0 Å². The Morgan fingerprint density at radius 2 is 2.50 bits per heavy atom. The van der Waals surface area contributed by atoms with Crippen LogP contribution < -0.4 is 4.72 Å². The number of nitrogens with zero attached hydrogens (tertiary/aromatic N) is 1. The fourth-order valence-corrected chi connectivity index (χ4v) is 3.97. The summed E-state index contributed by atoms with van der Waals surface area (Å²) in [6.45, 7) is 4.48. The van der Waals surface area contributed by atoms with Gasteiger partial charge in [-0.1, -0.05) is 28.5 Å². The predicted octanol–water partition coefficient (Wildman–Crippen LogP) is 1.17. The van der Waals surface area contributed by atoms with Gasteiger partial charge in [-0.25, -0.2) is 9.03 Å². The molecule has 0 saturated carbocycles. The van der Waals surface area contributed by atoms with Crippen molar-refractivity contribution in [2.24, 2.45) is 0 Å². The Morgan fingerprint density at radius 1 is 1.67 bits per heavy atom. The van der Waals surface area contributed by atoms with E-state index in [-0.39, 0.29) is 12.0 Å². The maximum absolute atomic E-state index is 8.94. The number of aliphatic hydroxyl groups is 1. The van der Waals surface area contributed by atoms with Crippen molar-refractivity contribution in [1.29, 1.82) is 0 Å². The second-order valence-electron chi connectivity index (χ2n) is 2.32. The quantitative estimate of drug-likeness (QED) is 0.544. The first kappa shape index (κ1) is 11.0. The molecule has 0 spiro atoms. The molecule has 1 fully saturated rings. The lowest BCUT2D eigenvalue weighted by atomic mass is 10.7. The van der Waals surface area contributed by atoms with Gasteiger partial charge in [0.2, 0.25) is 0 Å². The summed E-state index contributed by atoms with van der Waals surface area (Å²) in [4.78, 5) is 0. The van der Waals surface area contributed by atoms with Gasteiger partial charge in [-0.05, 0) is 0 Å². The zero-order chi connectivity index (χ0) is 8.81. The smallest absolute Gasteiger partial charge is 0.0972 e. The van der Waals surface area contributed by atoms with Crippen molar-refractivity contribution < 1.29 is 5.11 Å². The molecule has 1 aliphatic rings. The van der Waals surface area contributed by atoms with Crippen molar-refractivity contribution >= 4 is 33.7 Å². The van der Waals surface area contributed by atoms with E-state index in [4.69, 9.17) is 5.11 Å². The average Bonchev–Trinajstić information content (AvgIpc) is 2.05. The van der Waals surface area contributed by atoms with Gasteiger partial charge in [-0.2, -0.15) is 0 Å². The Labute approximate surface area is 85.7 Å². The summed E-state index contributed by atoms with van der Waals surface area (Å²) in [6.07, 6.45) is 0. The lowest BCUT2D eigenvalue weighted by Gasteiger charge is -2.25. The van der Waals surface area contributed by atoms with E-state index in [1.165, 1.54) is 0 Å². The molecule has 0 aromatic rings. The average molecular weight is 226 g/mol. The van der Waals surface area contributed by atoms with Crippen molar-refractivity contribution in [2.45, 2.75) is 12.3 Å². The molecule has 1 rings (SSSR count). The first-order valence-electron chi connectivity index (χ1n) is 3.93. The van der Waals surface area contributed by atoms with Crippen LogP contribution in [0.15, 0.2) is 0 Å². The van der Waals surface area contributed by atoms with Gasteiger partial charge in [0.05, 0.1) is 12.0 Å². The summed E-state index contributed by atoms with van der Waals surface area (Å²) in [5, 5.41) is 9.10. The molecular weight excluding hydrogens is 212 g/mol. The van der Waals surface area contributed by atoms with Gasteiger partial charge >= 0.3 is 0 Å². The normalized spacial score (nSPS) is 28.0. The van der Waals surface area contributed by atoms with E-state index in [9.17, 15) is 0 Å². The van der Waals surface area contributed by atoms with Gasteiger partial charge < -0.3 is 5.11 Å².